The van der Waals surface area contributed by atoms with Crippen LogP contribution < -0.4 is 10.9 Å². The number of carbonyl (C=O) groups is 2. The van der Waals surface area contributed by atoms with Gasteiger partial charge in [-0.2, -0.15) is 0 Å². The fraction of sp³-hybridized carbons (Fsp3) is 0.450. The molecule has 1 aliphatic heterocycles. The van der Waals surface area contributed by atoms with Gasteiger partial charge >= 0.3 is 0 Å². The molecule has 0 bridgehead atoms. The number of aromatic nitrogens is 1. The van der Waals surface area contributed by atoms with E-state index in [1.54, 1.807) is 12.3 Å². The average molecular weight is 355 g/mol. The first-order valence-electron chi connectivity index (χ1n) is 9.28. The van der Waals surface area contributed by atoms with Gasteiger partial charge in [0, 0.05) is 37.6 Å². The Kier molecular flexibility index (Phi) is 6.04. The number of rotatable bonds is 5. The van der Waals surface area contributed by atoms with Gasteiger partial charge in [0.15, 0.2) is 0 Å². The molecule has 2 amide bonds. The fourth-order valence-electron chi connectivity index (χ4n) is 3.35. The monoisotopic (exact) mass is 355 g/mol. The lowest BCUT2D eigenvalue weighted by atomic mass is 10.2. The first-order valence-corrected chi connectivity index (χ1v) is 9.28. The molecule has 1 fully saturated rings. The van der Waals surface area contributed by atoms with E-state index < -0.39 is 0 Å². The van der Waals surface area contributed by atoms with Crippen LogP contribution in [-0.2, 0) is 16.1 Å². The van der Waals surface area contributed by atoms with Gasteiger partial charge in [-0.25, -0.2) is 0 Å². The Hall–Kier alpha value is -2.63. The van der Waals surface area contributed by atoms with E-state index >= 15 is 0 Å². The van der Waals surface area contributed by atoms with Crippen LogP contribution >= 0.6 is 0 Å². The third-order valence-electron chi connectivity index (χ3n) is 4.82. The Bertz CT molecular complexity index is 836. The number of fused-ring (bicyclic) bond motifs is 1. The van der Waals surface area contributed by atoms with E-state index in [2.05, 4.69) is 5.32 Å². The third kappa shape index (κ3) is 4.50. The number of nitrogens with one attached hydrogen (secondary N) is 1. The van der Waals surface area contributed by atoms with E-state index in [-0.39, 0.29) is 23.9 Å². The molecule has 2 aromatic rings. The van der Waals surface area contributed by atoms with Gasteiger partial charge in [-0.15, -0.1) is 0 Å². The van der Waals surface area contributed by atoms with Gasteiger partial charge in [0.2, 0.25) is 11.8 Å². The lowest BCUT2D eigenvalue weighted by molar-refractivity contribution is -0.131. The first-order chi connectivity index (χ1) is 12.6. The quantitative estimate of drug-likeness (QED) is 0.891. The molecular weight excluding hydrogens is 330 g/mol. The van der Waals surface area contributed by atoms with Crippen LogP contribution in [0.25, 0.3) is 10.8 Å². The third-order valence-corrected chi connectivity index (χ3v) is 4.82. The van der Waals surface area contributed by atoms with Gasteiger partial charge in [0.25, 0.3) is 5.56 Å². The molecule has 0 atom stereocenters. The van der Waals surface area contributed by atoms with Gasteiger partial charge in [0.1, 0.15) is 6.54 Å². The van der Waals surface area contributed by atoms with Crippen molar-refractivity contribution in [2.75, 3.05) is 19.6 Å². The maximum Gasteiger partial charge on any atom is 0.258 e. The van der Waals surface area contributed by atoms with Crippen LogP contribution in [0, 0.1) is 0 Å². The zero-order chi connectivity index (χ0) is 18.4. The van der Waals surface area contributed by atoms with Crippen molar-refractivity contribution < 1.29 is 9.59 Å². The van der Waals surface area contributed by atoms with Crippen molar-refractivity contribution >= 4 is 22.6 Å². The van der Waals surface area contributed by atoms with Gasteiger partial charge in [-0.1, -0.05) is 31.0 Å². The van der Waals surface area contributed by atoms with E-state index in [9.17, 15) is 14.4 Å². The highest BCUT2D eigenvalue weighted by Crippen LogP contribution is 2.10. The van der Waals surface area contributed by atoms with Gasteiger partial charge < -0.3 is 14.8 Å². The lowest BCUT2D eigenvalue weighted by Gasteiger charge is -2.20. The molecule has 1 aromatic heterocycles. The van der Waals surface area contributed by atoms with E-state index in [4.69, 9.17) is 0 Å². The maximum atomic E-state index is 12.4. The van der Waals surface area contributed by atoms with E-state index in [0.717, 1.165) is 31.3 Å². The number of hydrogen-bond donors (Lipinski definition) is 1. The Morgan fingerprint density at radius 1 is 1.00 bits per heavy atom. The van der Waals surface area contributed by atoms with Gasteiger partial charge in [-0.05, 0) is 30.4 Å². The summed E-state index contributed by atoms with van der Waals surface area (Å²) in [7, 11) is 0. The standard InChI is InChI=1S/C20H25N3O3/c24-18(21-11-9-19(25)22-12-5-1-2-6-13-22)15-23-14-10-16-7-3-4-8-17(16)20(23)26/h3-4,7-8,10,14H,1-2,5-6,9,11-13,15H2,(H,21,24). The Morgan fingerprint density at radius 2 is 1.73 bits per heavy atom. The maximum absolute atomic E-state index is 12.4. The number of benzene rings is 1. The SMILES string of the molecule is O=C(Cn1ccc2ccccc2c1=O)NCCC(=O)N1CCCCCC1. The number of amides is 2. The predicted molar refractivity (Wildman–Crippen MR) is 101 cm³/mol. The minimum atomic E-state index is -0.258. The summed E-state index contributed by atoms with van der Waals surface area (Å²) in [6.07, 6.45) is 6.42. The lowest BCUT2D eigenvalue weighted by Crippen LogP contribution is -2.37. The Labute approximate surface area is 152 Å². The van der Waals surface area contributed by atoms with E-state index in [1.165, 1.54) is 17.4 Å². The number of carbonyl (C=O) groups excluding carboxylic acids is 2. The molecule has 26 heavy (non-hydrogen) atoms. The minimum Gasteiger partial charge on any atom is -0.354 e. The Morgan fingerprint density at radius 3 is 2.50 bits per heavy atom. The van der Waals surface area contributed by atoms with Crippen LogP contribution in [0.1, 0.15) is 32.1 Å². The van der Waals surface area contributed by atoms with Gasteiger partial charge in [-0.3, -0.25) is 14.4 Å². The molecule has 1 saturated heterocycles. The summed E-state index contributed by atoms with van der Waals surface area (Å²) in [6, 6.07) is 9.14. The summed E-state index contributed by atoms with van der Waals surface area (Å²) in [4.78, 5) is 38.6. The smallest absolute Gasteiger partial charge is 0.258 e. The largest absolute Gasteiger partial charge is 0.354 e. The Balaban J connectivity index is 1.50. The van der Waals surface area contributed by atoms with Crippen LogP contribution in [0.4, 0.5) is 0 Å². The van der Waals surface area contributed by atoms with Crippen molar-refractivity contribution in [3.8, 4) is 0 Å². The van der Waals surface area contributed by atoms with Crippen LogP contribution in [0.5, 0.6) is 0 Å². The second kappa shape index (κ2) is 8.65. The summed E-state index contributed by atoms with van der Waals surface area (Å²) in [5.74, 6) is -0.166. The van der Waals surface area contributed by atoms with Crippen LogP contribution in [0.2, 0.25) is 0 Å². The molecule has 6 heteroatoms. The molecule has 1 N–H and O–H groups in total. The molecule has 3 rings (SSSR count). The molecule has 0 radical (unpaired) electrons. The minimum absolute atomic E-state index is 0.0401. The van der Waals surface area contributed by atoms with Crippen molar-refractivity contribution in [1.29, 1.82) is 0 Å². The number of nitrogens with zero attached hydrogens (tertiary/aromatic N) is 2. The predicted octanol–water partition coefficient (Wildman–Crippen LogP) is 1.91. The van der Waals surface area contributed by atoms with E-state index in [0.29, 0.717) is 18.4 Å². The molecule has 0 aliphatic carbocycles. The molecule has 0 unspecified atom stereocenters. The zero-order valence-electron chi connectivity index (χ0n) is 14.9. The van der Waals surface area contributed by atoms with Crippen LogP contribution in [0.15, 0.2) is 41.3 Å². The first kappa shape index (κ1) is 18.2. The summed E-state index contributed by atoms with van der Waals surface area (Å²) in [6.45, 7) is 1.90. The topological polar surface area (TPSA) is 71.4 Å². The second-order valence-corrected chi connectivity index (χ2v) is 6.73. The molecule has 2 heterocycles. The normalized spacial score (nSPS) is 14.8. The summed E-state index contributed by atoms with van der Waals surface area (Å²) < 4.78 is 1.40. The van der Waals surface area contributed by atoms with Crippen molar-refractivity contribution in [3.63, 3.8) is 0 Å². The average Bonchev–Trinajstić information content (AvgIpc) is 2.94. The highest BCUT2D eigenvalue weighted by molar-refractivity contribution is 5.82. The molecule has 0 saturated carbocycles. The second-order valence-electron chi connectivity index (χ2n) is 6.73. The van der Waals surface area contributed by atoms with Crippen molar-refractivity contribution in [2.24, 2.45) is 0 Å². The summed E-state index contributed by atoms with van der Waals surface area (Å²) in [5.41, 5.74) is -0.182. The summed E-state index contributed by atoms with van der Waals surface area (Å²) >= 11 is 0. The molecule has 0 spiro atoms. The summed E-state index contributed by atoms with van der Waals surface area (Å²) in [5, 5.41) is 4.20. The highest BCUT2D eigenvalue weighted by Gasteiger charge is 2.15. The van der Waals surface area contributed by atoms with Crippen LogP contribution in [0.3, 0.4) is 0 Å². The number of likely N-dealkylation sites (tertiary alicyclic amines) is 1. The number of pyridine rings is 1. The molecule has 1 aromatic carbocycles. The molecule has 6 nitrogen and oxygen atoms in total. The van der Waals surface area contributed by atoms with Gasteiger partial charge in [0.05, 0.1) is 0 Å². The van der Waals surface area contributed by atoms with Crippen molar-refractivity contribution in [2.45, 2.75) is 38.6 Å². The van der Waals surface area contributed by atoms with Crippen molar-refractivity contribution in [1.82, 2.24) is 14.8 Å². The molecular formula is C20H25N3O3. The molecule has 1 aliphatic rings. The van der Waals surface area contributed by atoms with Crippen LogP contribution in [-0.4, -0.2) is 40.9 Å². The van der Waals surface area contributed by atoms with Crippen molar-refractivity contribution in [3.05, 3.63) is 46.9 Å². The molecule has 138 valence electrons. The fourth-order valence-corrected chi connectivity index (χ4v) is 3.35. The number of hydrogen-bond acceptors (Lipinski definition) is 3. The van der Waals surface area contributed by atoms with E-state index in [1.807, 2.05) is 29.2 Å². The highest BCUT2D eigenvalue weighted by atomic mass is 16.2. The zero-order valence-corrected chi connectivity index (χ0v) is 14.9.